The van der Waals surface area contributed by atoms with Gasteiger partial charge in [0.15, 0.2) is 0 Å². The smallest absolute Gasteiger partial charge is 0.317 e. The van der Waals surface area contributed by atoms with E-state index in [9.17, 15) is 4.79 Å². The van der Waals surface area contributed by atoms with Crippen LogP contribution in [0, 0.1) is 0 Å². The molecule has 1 N–H and O–H groups in total. The minimum atomic E-state index is 0.0128. The zero-order valence-electron chi connectivity index (χ0n) is 18.6. The number of aryl methyl sites for hydroxylation is 1. The molecule has 168 valence electrons. The zero-order chi connectivity index (χ0) is 22.1. The van der Waals surface area contributed by atoms with Crippen LogP contribution in [0.2, 0.25) is 0 Å². The van der Waals surface area contributed by atoms with Crippen molar-refractivity contribution >= 4 is 28.7 Å². The maximum Gasteiger partial charge on any atom is 0.317 e. The van der Waals surface area contributed by atoms with Crippen LogP contribution in [0.5, 0.6) is 5.75 Å². The second-order valence-electron chi connectivity index (χ2n) is 8.60. The molecule has 1 aromatic carbocycles. The van der Waals surface area contributed by atoms with Crippen molar-refractivity contribution in [3.05, 3.63) is 42.2 Å². The Morgan fingerprint density at radius 1 is 1.25 bits per heavy atom. The molecule has 3 aromatic rings. The molecule has 8 heteroatoms. The first-order valence-corrected chi connectivity index (χ1v) is 12.6. The van der Waals surface area contributed by atoms with E-state index in [4.69, 9.17) is 9.84 Å². The minimum absolute atomic E-state index is 0.0128. The first kappa shape index (κ1) is 21.1. The van der Waals surface area contributed by atoms with Crippen molar-refractivity contribution in [3.8, 4) is 17.0 Å². The number of aromatic nitrogens is 3. The largest absolute Gasteiger partial charge is 0.493 e. The normalized spacial score (nSPS) is 19.6. The van der Waals surface area contributed by atoms with E-state index in [0.717, 1.165) is 66.1 Å². The first-order valence-electron chi connectivity index (χ1n) is 11.2. The number of fused-ring (bicyclic) bond motifs is 3. The van der Waals surface area contributed by atoms with Crippen molar-refractivity contribution in [2.75, 3.05) is 38.2 Å². The third kappa shape index (κ3) is 3.81. The standard InChI is InChI=1S/C24H29N5O2S/c1-3-25-23(30)28-8-6-24(16-28)7-9-29-22(24)14-21(27-29)18-12-17-13-19(31-10-11-32-2)4-5-20(17)26-15-18/h4-5,12-15H,3,6-11,16H2,1-2H3,(H,25,30). The number of likely N-dealkylation sites (tertiary alicyclic amines) is 1. The minimum Gasteiger partial charge on any atom is -0.493 e. The summed E-state index contributed by atoms with van der Waals surface area (Å²) in [6.45, 7) is 5.76. The highest BCUT2D eigenvalue weighted by molar-refractivity contribution is 7.98. The Morgan fingerprint density at radius 2 is 2.12 bits per heavy atom. The topological polar surface area (TPSA) is 72.3 Å². The van der Waals surface area contributed by atoms with E-state index in [1.165, 1.54) is 5.69 Å². The number of carbonyl (C=O) groups excluding carboxylic acids is 1. The number of ether oxygens (including phenoxy) is 1. The third-order valence-corrected chi connectivity index (χ3v) is 7.17. The van der Waals surface area contributed by atoms with E-state index >= 15 is 0 Å². The van der Waals surface area contributed by atoms with Gasteiger partial charge >= 0.3 is 6.03 Å². The molecule has 4 heterocycles. The predicted molar refractivity (Wildman–Crippen MR) is 128 cm³/mol. The average molecular weight is 452 g/mol. The van der Waals surface area contributed by atoms with Gasteiger partial charge in [0, 0.05) is 60.2 Å². The molecule has 5 rings (SSSR count). The first-order chi connectivity index (χ1) is 15.6. The maximum absolute atomic E-state index is 12.3. The number of benzene rings is 1. The summed E-state index contributed by atoms with van der Waals surface area (Å²) in [5.41, 5.74) is 4.16. The Labute approximate surface area is 192 Å². The molecule has 1 spiro atoms. The summed E-state index contributed by atoms with van der Waals surface area (Å²) in [5, 5.41) is 8.88. The summed E-state index contributed by atoms with van der Waals surface area (Å²) in [6.07, 6.45) is 6.01. The van der Waals surface area contributed by atoms with Crippen LogP contribution in [-0.4, -0.2) is 63.9 Å². The van der Waals surface area contributed by atoms with Crippen LogP contribution in [0.4, 0.5) is 4.79 Å². The van der Waals surface area contributed by atoms with Crippen molar-refractivity contribution in [1.82, 2.24) is 25.0 Å². The summed E-state index contributed by atoms with van der Waals surface area (Å²) >= 11 is 1.77. The molecule has 32 heavy (non-hydrogen) atoms. The second kappa shape index (κ2) is 8.65. The van der Waals surface area contributed by atoms with Gasteiger partial charge in [0.05, 0.1) is 17.8 Å². The van der Waals surface area contributed by atoms with E-state index in [2.05, 4.69) is 39.4 Å². The van der Waals surface area contributed by atoms with Gasteiger partial charge in [-0.05, 0) is 56.4 Å². The molecule has 1 unspecified atom stereocenters. The van der Waals surface area contributed by atoms with E-state index in [1.807, 2.05) is 30.2 Å². The Kier molecular flexibility index (Phi) is 5.71. The number of nitrogens with zero attached hydrogens (tertiary/aromatic N) is 4. The summed E-state index contributed by atoms with van der Waals surface area (Å²) < 4.78 is 7.98. The quantitative estimate of drug-likeness (QED) is 0.575. The monoisotopic (exact) mass is 451 g/mol. The maximum atomic E-state index is 12.3. The van der Waals surface area contributed by atoms with Gasteiger partial charge in [-0.2, -0.15) is 16.9 Å². The molecular formula is C24H29N5O2S. The van der Waals surface area contributed by atoms with Gasteiger partial charge in [-0.3, -0.25) is 9.67 Å². The lowest BCUT2D eigenvalue weighted by Crippen LogP contribution is -2.40. The van der Waals surface area contributed by atoms with Crippen LogP contribution >= 0.6 is 11.8 Å². The molecule has 7 nitrogen and oxygen atoms in total. The number of pyridine rings is 1. The average Bonchev–Trinajstić information content (AvgIpc) is 3.51. The third-order valence-electron chi connectivity index (χ3n) is 6.60. The second-order valence-corrected chi connectivity index (χ2v) is 9.58. The number of thioether (sulfide) groups is 1. The highest BCUT2D eigenvalue weighted by Gasteiger charge is 2.46. The van der Waals surface area contributed by atoms with Crippen molar-refractivity contribution in [1.29, 1.82) is 0 Å². The fourth-order valence-electron chi connectivity index (χ4n) is 4.91. The summed E-state index contributed by atoms with van der Waals surface area (Å²) in [4.78, 5) is 18.9. The van der Waals surface area contributed by atoms with E-state index in [0.29, 0.717) is 13.2 Å². The molecule has 1 saturated heterocycles. The molecular weight excluding hydrogens is 422 g/mol. The number of hydrogen-bond donors (Lipinski definition) is 1. The molecule has 2 aliphatic rings. The molecule has 0 radical (unpaired) electrons. The number of rotatable bonds is 6. The molecule has 1 atom stereocenters. The molecule has 2 aliphatic heterocycles. The molecule has 0 bridgehead atoms. The lowest BCUT2D eigenvalue weighted by molar-refractivity contribution is 0.206. The van der Waals surface area contributed by atoms with Crippen LogP contribution in [0.1, 0.15) is 25.5 Å². The predicted octanol–water partition coefficient (Wildman–Crippen LogP) is 3.92. The van der Waals surface area contributed by atoms with Gasteiger partial charge in [-0.1, -0.05) is 0 Å². The van der Waals surface area contributed by atoms with Gasteiger partial charge in [0.2, 0.25) is 0 Å². The van der Waals surface area contributed by atoms with Crippen molar-refractivity contribution in [3.63, 3.8) is 0 Å². The van der Waals surface area contributed by atoms with Crippen LogP contribution < -0.4 is 10.1 Å². The molecule has 1 fully saturated rings. The number of carbonyl (C=O) groups is 1. The van der Waals surface area contributed by atoms with Gasteiger partial charge in [0.25, 0.3) is 0 Å². The van der Waals surface area contributed by atoms with Gasteiger partial charge in [0.1, 0.15) is 5.75 Å². The summed E-state index contributed by atoms with van der Waals surface area (Å²) in [7, 11) is 0. The lowest BCUT2D eigenvalue weighted by Gasteiger charge is -2.23. The van der Waals surface area contributed by atoms with Crippen molar-refractivity contribution in [2.24, 2.45) is 0 Å². The van der Waals surface area contributed by atoms with Gasteiger partial charge in [-0.25, -0.2) is 4.79 Å². The number of hydrogen-bond acceptors (Lipinski definition) is 5. The molecule has 2 aromatic heterocycles. The SMILES string of the molecule is CCNC(=O)N1CCC2(CCn3nc(-c4cnc5ccc(OCCSC)cc5c4)cc32)C1. The van der Waals surface area contributed by atoms with E-state index in [1.54, 1.807) is 11.8 Å². The Balaban J connectivity index is 1.40. The molecule has 0 aliphatic carbocycles. The number of nitrogens with one attached hydrogen (secondary N) is 1. The van der Waals surface area contributed by atoms with Crippen LogP contribution in [0.15, 0.2) is 36.5 Å². The Hall–Kier alpha value is -2.74. The number of urea groups is 1. The van der Waals surface area contributed by atoms with Crippen molar-refractivity contribution in [2.45, 2.75) is 31.7 Å². The highest BCUT2D eigenvalue weighted by Crippen LogP contribution is 2.43. The zero-order valence-corrected chi connectivity index (χ0v) is 19.5. The fraction of sp³-hybridized carbons (Fsp3) is 0.458. The van der Waals surface area contributed by atoms with Gasteiger partial charge in [-0.15, -0.1) is 0 Å². The van der Waals surface area contributed by atoms with E-state index < -0.39 is 0 Å². The molecule has 0 saturated carbocycles. The number of amides is 2. The highest BCUT2D eigenvalue weighted by atomic mass is 32.2. The molecule has 2 amide bonds. The Bertz CT molecular complexity index is 1150. The van der Waals surface area contributed by atoms with Crippen LogP contribution in [0.3, 0.4) is 0 Å². The Morgan fingerprint density at radius 3 is 2.97 bits per heavy atom. The van der Waals surface area contributed by atoms with Crippen LogP contribution in [0.25, 0.3) is 22.2 Å². The van der Waals surface area contributed by atoms with E-state index in [-0.39, 0.29) is 11.4 Å². The summed E-state index contributed by atoms with van der Waals surface area (Å²) in [6, 6.07) is 10.4. The van der Waals surface area contributed by atoms with Crippen LogP contribution in [-0.2, 0) is 12.0 Å². The lowest BCUT2D eigenvalue weighted by atomic mass is 9.82. The van der Waals surface area contributed by atoms with Crippen molar-refractivity contribution < 1.29 is 9.53 Å². The fourth-order valence-corrected chi connectivity index (χ4v) is 5.16. The summed E-state index contributed by atoms with van der Waals surface area (Å²) in [5.74, 6) is 1.84. The van der Waals surface area contributed by atoms with Gasteiger partial charge < -0.3 is 15.0 Å².